The lowest BCUT2D eigenvalue weighted by Crippen LogP contribution is -2.49. The molecule has 1 saturated heterocycles. The second-order valence-corrected chi connectivity index (χ2v) is 8.04. The number of hydrogen-bond acceptors (Lipinski definition) is 7. The predicted molar refractivity (Wildman–Crippen MR) is 111 cm³/mol. The van der Waals surface area contributed by atoms with Crippen LogP contribution in [0.2, 0.25) is 0 Å². The van der Waals surface area contributed by atoms with E-state index in [1.807, 2.05) is 5.38 Å². The highest BCUT2D eigenvalue weighted by atomic mass is 32.1. The number of carbonyl (C=O) groups is 1. The normalized spacial score (nSPS) is 15.3. The minimum absolute atomic E-state index is 0.0755. The van der Waals surface area contributed by atoms with Crippen molar-refractivity contribution in [1.82, 2.24) is 33.4 Å². The number of carbonyl (C=O) groups excluding carboxylic acids is 1. The molecule has 5 rings (SSSR count). The lowest BCUT2D eigenvalue weighted by molar-refractivity contribution is -0.133. The van der Waals surface area contributed by atoms with Gasteiger partial charge in [0.25, 0.3) is 5.56 Å². The van der Waals surface area contributed by atoms with Crippen LogP contribution in [0.3, 0.4) is 0 Å². The van der Waals surface area contributed by atoms with Crippen LogP contribution < -0.4 is 11.2 Å². The van der Waals surface area contributed by atoms with Gasteiger partial charge in [-0.05, 0) is 12.1 Å². The number of thiazole rings is 1. The maximum absolute atomic E-state index is 12.7. The van der Waals surface area contributed by atoms with Gasteiger partial charge < -0.3 is 4.90 Å². The third-order valence-corrected chi connectivity index (χ3v) is 6.00. The molecule has 1 aliphatic rings. The molecule has 11 heteroatoms. The molecule has 0 radical (unpaired) electrons. The van der Waals surface area contributed by atoms with Gasteiger partial charge in [0.05, 0.1) is 5.69 Å². The summed E-state index contributed by atoms with van der Waals surface area (Å²) in [4.78, 5) is 46.3. The zero-order chi connectivity index (χ0) is 20.7. The van der Waals surface area contributed by atoms with Crippen LogP contribution in [0.15, 0.2) is 51.6 Å². The molecule has 0 saturated carbocycles. The average molecular weight is 425 g/mol. The summed E-state index contributed by atoms with van der Waals surface area (Å²) in [5.74, 6) is -0.128. The van der Waals surface area contributed by atoms with Gasteiger partial charge in [-0.2, -0.15) is 0 Å². The summed E-state index contributed by atoms with van der Waals surface area (Å²) >= 11 is 1.43. The molecule has 0 aromatic carbocycles. The first-order chi connectivity index (χ1) is 14.6. The number of rotatable bonds is 4. The summed E-state index contributed by atoms with van der Waals surface area (Å²) in [6.07, 6.45) is 3.36. The van der Waals surface area contributed by atoms with Crippen LogP contribution in [0.25, 0.3) is 10.6 Å². The Kier molecular flexibility index (Phi) is 4.68. The van der Waals surface area contributed by atoms with Gasteiger partial charge in [0.2, 0.25) is 5.91 Å². The number of piperazine rings is 1. The molecule has 0 bridgehead atoms. The maximum Gasteiger partial charge on any atom is 0.350 e. The standard InChI is InChI=1S/C19H19N7O3S/c27-16-11-14(20-18-25(16)9-10-30-18)12-22-5-7-23(8-6-22)17(28)13-26-19(29)24-4-2-1-3-15(24)21-26/h1-4,9-11H,5-8,12-13H2. The van der Waals surface area contributed by atoms with Crippen molar-refractivity contribution in [2.75, 3.05) is 26.2 Å². The second kappa shape index (κ2) is 7.50. The van der Waals surface area contributed by atoms with E-state index in [2.05, 4.69) is 15.0 Å². The number of fused-ring (bicyclic) bond motifs is 2. The van der Waals surface area contributed by atoms with E-state index in [1.54, 1.807) is 41.6 Å². The first kappa shape index (κ1) is 18.7. The molecular formula is C19H19N7O3S. The molecule has 1 aliphatic heterocycles. The molecule has 4 aromatic heterocycles. The van der Waals surface area contributed by atoms with E-state index in [0.29, 0.717) is 43.3 Å². The fourth-order valence-corrected chi connectivity index (χ4v) is 4.39. The van der Waals surface area contributed by atoms with Gasteiger partial charge in [-0.1, -0.05) is 6.07 Å². The highest BCUT2D eigenvalue weighted by molar-refractivity contribution is 7.15. The molecular weight excluding hydrogens is 406 g/mol. The van der Waals surface area contributed by atoms with E-state index < -0.39 is 0 Å². The van der Waals surface area contributed by atoms with Gasteiger partial charge in [-0.15, -0.1) is 16.4 Å². The Bertz CT molecular complexity index is 1340. The minimum Gasteiger partial charge on any atom is -0.339 e. The Hall–Kier alpha value is -3.31. The van der Waals surface area contributed by atoms with Gasteiger partial charge in [0, 0.05) is 56.6 Å². The summed E-state index contributed by atoms with van der Waals surface area (Å²) in [6, 6.07) is 6.84. The Morgan fingerprint density at radius 1 is 1.07 bits per heavy atom. The first-order valence-electron chi connectivity index (χ1n) is 9.58. The molecule has 10 nitrogen and oxygen atoms in total. The zero-order valence-electron chi connectivity index (χ0n) is 16.0. The average Bonchev–Trinajstić information content (AvgIpc) is 3.34. The third-order valence-electron chi connectivity index (χ3n) is 5.24. The van der Waals surface area contributed by atoms with Crippen molar-refractivity contribution < 1.29 is 4.79 Å². The predicted octanol–water partition coefficient (Wildman–Crippen LogP) is -0.0902. The highest BCUT2D eigenvalue weighted by Crippen LogP contribution is 2.10. The largest absolute Gasteiger partial charge is 0.350 e. The van der Waals surface area contributed by atoms with Gasteiger partial charge >= 0.3 is 5.69 Å². The molecule has 0 spiro atoms. The van der Waals surface area contributed by atoms with E-state index >= 15 is 0 Å². The Balaban J connectivity index is 1.21. The van der Waals surface area contributed by atoms with Crippen LogP contribution in [0.4, 0.5) is 0 Å². The smallest absolute Gasteiger partial charge is 0.339 e. The minimum atomic E-state index is -0.320. The highest BCUT2D eigenvalue weighted by Gasteiger charge is 2.23. The number of amides is 1. The van der Waals surface area contributed by atoms with Gasteiger partial charge in [0.15, 0.2) is 10.6 Å². The van der Waals surface area contributed by atoms with Crippen molar-refractivity contribution in [1.29, 1.82) is 0 Å². The van der Waals surface area contributed by atoms with Crippen LogP contribution in [0, 0.1) is 0 Å². The van der Waals surface area contributed by atoms with Gasteiger partial charge in [0.1, 0.15) is 6.54 Å². The van der Waals surface area contributed by atoms with Crippen molar-refractivity contribution in [2.24, 2.45) is 0 Å². The maximum atomic E-state index is 12.7. The van der Waals surface area contributed by atoms with Gasteiger partial charge in [-0.25, -0.2) is 14.5 Å². The van der Waals surface area contributed by atoms with E-state index in [1.165, 1.54) is 24.8 Å². The summed E-state index contributed by atoms with van der Waals surface area (Å²) in [7, 11) is 0. The third kappa shape index (κ3) is 3.42. The lowest BCUT2D eigenvalue weighted by Gasteiger charge is -2.34. The summed E-state index contributed by atoms with van der Waals surface area (Å²) in [6.45, 7) is 2.96. The molecule has 4 aromatic rings. The number of hydrogen-bond donors (Lipinski definition) is 0. The van der Waals surface area contributed by atoms with Crippen molar-refractivity contribution in [2.45, 2.75) is 13.1 Å². The van der Waals surface area contributed by atoms with Crippen LogP contribution >= 0.6 is 11.3 Å². The van der Waals surface area contributed by atoms with E-state index in [-0.39, 0.29) is 23.7 Å². The van der Waals surface area contributed by atoms with Crippen LogP contribution in [-0.2, 0) is 17.9 Å². The fourth-order valence-electron chi connectivity index (χ4n) is 3.65. The molecule has 30 heavy (non-hydrogen) atoms. The van der Waals surface area contributed by atoms with Crippen molar-refractivity contribution in [3.8, 4) is 0 Å². The molecule has 0 atom stereocenters. The molecule has 1 fully saturated rings. The van der Waals surface area contributed by atoms with E-state index in [9.17, 15) is 14.4 Å². The molecule has 154 valence electrons. The quantitative estimate of drug-likeness (QED) is 0.453. The lowest BCUT2D eigenvalue weighted by atomic mass is 10.2. The Morgan fingerprint density at radius 2 is 1.90 bits per heavy atom. The fraction of sp³-hybridized carbons (Fsp3) is 0.316. The monoisotopic (exact) mass is 425 g/mol. The Morgan fingerprint density at radius 3 is 2.70 bits per heavy atom. The topological polar surface area (TPSA) is 97.2 Å². The molecule has 0 N–H and O–H groups in total. The van der Waals surface area contributed by atoms with Gasteiger partial charge in [-0.3, -0.25) is 23.3 Å². The number of nitrogens with zero attached hydrogens (tertiary/aromatic N) is 7. The van der Waals surface area contributed by atoms with Crippen LogP contribution in [-0.4, -0.2) is 65.5 Å². The van der Waals surface area contributed by atoms with Crippen LogP contribution in [0.1, 0.15) is 5.69 Å². The Labute approximate surface area is 174 Å². The van der Waals surface area contributed by atoms with Crippen molar-refractivity contribution in [3.63, 3.8) is 0 Å². The summed E-state index contributed by atoms with van der Waals surface area (Å²) < 4.78 is 4.16. The first-order valence-corrected chi connectivity index (χ1v) is 10.5. The molecule has 5 heterocycles. The summed E-state index contributed by atoms with van der Waals surface area (Å²) in [5, 5.41) is 6.06. The molecule has 1 amide bonds. The zero-order valence-corrected chi connectivity index (χ0v) is 16.9. The SMILES string of the molecule is O=C(Cn1nc2ccccn2c1=O)N1CCN(Cc2cc(=O)n3ccsc3n2)CC1. The van der Waals surface area contributed by atoms with Crippen molar-refractivity contribution >= 4 is 27.9 Å². The number of pyridine rings is 1. The van der Waals surface area contributed by atoms with E-state index in [0.717, 1.165) is 5.69 Å². The molecule has 0 unspecified atom stereocenters. The number of aromatic nitrogens is 5. The molecule has 0 aliphatic carbocycles. The van der Waals surface area contributed by atoms with E-state index in [4.69, 9.17) is 0 Å². The van der Waals surface area contributed by atoms with Crippen molar-refractivity contribution in [3.05, 3.63) is 68.6 Å². The summed E-state index contributed by atoms with van der Waals surface area (Å²) in [5.41, 5.74) is 0.853. The van der Waals surface area contributed by atoms with Crippen LogP contribution in [0.5, 0.6) is 0 Å². The second-order valence-electron chi connectivity index (χ2n) is 7.17.